The van der Waals surface area contributed by atoms with Crippen LogP contribution >= 0.6 is 68.0 Å². The van der Waals surface area contributed by atoms with Crippen LogP contribution in [0.2, 0.25) is 20.1 Å². The number of hydrogen-bond acceptors (Lipinski definition) is 10. The Morgan fingerprint density at radius 3 is 1.30 bits per heavy atom. The van der Waals surface area contributed by atoms with E-state index in [9.17, 15) is 9.59 Å². The van der Waals surface area contributed by atoms with E-state index in [0.717, 1.165) is 22.5 Å². The van der Waals surface area contributed by atoms with Gasteiger partial charge in [0.15, 0.2) is 0 Å². The molecule has 2 N–H and O–H groups in total. The molecule has 0 bridgehead atoms. The molecule has 4 atom stereocenters. The standard InChI is InChI=1S/C56H62Cl4N8O6S2/c1-55(2,3)73-53(71)61-45(51(69)65-25-27-67-49(47(65)23-17-35-13-9-7-10-14-35)31-43(63-67)39-21-19-37(57)29-41(39)59)33-75-76-34-46(62-54(72)74-56(4,5)6)52(70)66-26-28-68-50(48(66)24-18-36-15-11-8-12-16-36)32-44(64-68)40-22-20-38(58)30-42(40)60/h7-16,19-22,29-32,45-48H,17-18,23-28,33-34H2,1-6H3,(H,61,71)(H,62,72)/t45-,46?,47?,48?/m0/s1. The number of rotatable bonds is 17. The van der Waals surface area contributed by atoms with E-state index < -0.39 is 47.6 Å². The zero-order valence-corrected chi connectivity index (χ0v) is 47.9. The number of carbonyl (C=O) groups is 4. The second-order valence-electron chi connectivity index (χ2n) is 20.7. The summed E-state index contributed by atoms with van der Waals surface area (Å²) in [6, 6.07) is 31.7. The lowest BCUT2D eigenvalue weighted by Crippen LogP contribution is -2.54. The number of halogens is 4. The van der Waals surface area contributed by atoms with Crippen molar-refractivity contribution in [2.45, 2.75) is 116 Å². The molecule has 0 aliphatic carbocycles. The maximum atomic E-state index is 15.2. The summed E-state index contributed by atoms with van der Waals surface area (Å²) in [5.74, 6) is -0.413. The molecule has 14 nitrogen and oxygen atoms in total. The fraction of sp³-hybridized carbons (Fsp3) is 0.393. The predicted molar refractivity (Wildman–Crippen MR) is 305 cm³/mol. The molecule has 20 heteroatoms. The van der Waals surface area contributed by atoms with Gasteiger partial charge in [0.25, 0.3) is 0 Å². The molecule has 0 saturated carbocycles. The number of aromatic nitrogens is 4. The fourth-order valence-corrected chi connectivity index (χ4v) is 12.7. The number of ether oxygens (including phenoxy) is 2. The first kappa shape index (κ1) is 56.8. The molecular weight excluding hydrogens is 1090 g/mol. The zero-order valence-electron chi connectivity index (χ0n) is 43.2. The molecule has 402 valence electrons. The Morgan fingerprint density at radius 2 is 0.947 bits per heavy atom. The molecule has 0 radical (unpaired) electrons. The van der Waals surface area contributed by atoms with Crippen molar-refractivity contribution in [1.82, 2.24) is 40.0 Å². The van der Waals surface area contributed by atoms with Crippen molar-refractivity contribution in [1.29, 1.82) is 0 Å². The summed E-state index contributed by atoms with van der Waals surface area (Å²) >= 11 is 25.9. The number of nitrogens with one attached hydrogen (secondary N) is 2. The SMILES string of the molecule is CC(C)(C)OC(=O)NC(CSSC[C@H](NC(=O)OC(C)(C)C)C(=O)N1CCn2nc(-c3ccc(Cl)cc3Cl)cc2C1CCc1ccccc1)C(=O)N1CCn2nc(-c3ccc(Cl)cc3Cl)cc2C1CCc1ccccc1. The minimum absolute atomic E-state index is 0.0987. The topological polar surface area (TPSA) is 153 Å². The third-order valence-corrected chi connectivity index (χ3v) is 16.3. The van der Waals surface area contributed by atoms with E-state index in [1.807, 2.05) is 79.8 Å². The highest BCUT2D eigenvalue weighted by molar-refractivity contribution is 8.76. The molecule has 76 heavy (non-hydrogen) atoms. The van der Waals surface area contributed by atoms with Gasteiger partial charge >= 0.3 is 12.2 Å². The number of nitrogens with zero attached hydrogens (tertiary/aromatic N) is 6. The number of benzene rings is 4. The van der Waals surface area contributed by atoms with Crippen molar-refractivity contribution in [3.05, 3.63) is 152 Å². The van der Waals surface area contributed by atoms with Crippen molar-refractivity contribution in [2.24, 2.45) is 0 Å². The van der Waals surface area contributed by atoms with Crippen molar-refractivity contribution in [3.8, 4) is 22.5 Å². The van der Waals surface area contributed by atoms with Gasteiger partial charge in [-0.15, -0.1) is 0 Å². The Hall–Kier alpha value is -5.36. The predicted octanol–water partition coefficient (Wildman–Crippen LogP) is 12.9. The largest absolute Gasteiger partial charge is 0.444 e. The average molecular weight is 1150 g/mol. The molecule has 2 aromatic heterocycles. The van der Waals surface area contributed by atoms with E-state index in [1.165, 1.54) is 21.6 Å². The number of hydrogen-bond donors (Lipinski definition) is 2. The van der Waals surface area contributed by atoms with Gasteiger partial charge in [-0.1, -0.05) is 129 Å². The molecule has 0 fully saturated rings. The van der Waals surface area contributed by atoms with Gasteiger partial charge in [0.2, 0.25) is 11.8 Å². The molecule has 2 aliphatic rings. The Labute approximate surface area is 472 Å². The lowest BCUT2D eigenvalue weighted by Gasteiger charge is -2.38. The molecular formula is C56H62Cl4N8O6S2. The second-order valence-corrected chi connectivity index (χ2v) is 25.0. The first-order chi connectivity index (χ1) is 36.2. The maximum Gasteiger partial charge on any atom is 0.408 e. The van der Waals surface area contributed by atoms with Gasteiger partial charge in [-0.05, 0) is 127 Å². The van der Waals surface area contributed by atoms with Crippen molar-refractivity contribution in [2.75, 3.05) is 24.6 Å². The molecule has 0 saturated heterocycles. The van der Waals surface area contributed by atoms with Crippen LogP contribution in [0.15, 0.2) is 109 Å². The molecule has 4 aromatic carbocycles. The third kappa shape index (κ3) is 14.8. The maximum absolute atomic E-state index is 15.2. The summed E-state index contributed by atoms with van der Waals surface area (Å²) in [7, 11) is 2.61. The van der Waals surface area contributed by atoms with Crippen LogP contribution in [0.1, 0.15) is 89.0 Å². The summed E-state index contributed by atoms with van der Waals surface area (Å²) in [4.78, 5) is 61.1. The number of carbonyl (C=O) groups excluding carboxylic acids is 4. The number of amides is 4. The van der Waals surface area contributed by atoms with Gasteiger partial charge in [-0.3, -0.25) is 19.0 Å². The first-order valence-electron chi connectivity index (χ1n) is 25.2. The Balaban J connectivity index is 1.05. The molecule has 0 spiro atoms. The van der Waals surface area contributed by atoms with Crippen LogP contribution in [0.3, 0.4) is 0 Å². The van der Waals surface area contributed by atoms with E-state index in [0.29, 0.717) is 94.5 Å². The van der Waals surface area contributed by atoms with Crippen molar-refractivity contribution >= 4 is 92.0 Å². The average Bonchev–Trinajstić information content (AvgIpc) is 4.00. The van der Waals surface area contributed by atoms with Crippen LogP contribution in [0.4, 0.5) is 9.59 Å². The minimum Gasteiger partial charge on any atom is -0.444 e. The molecule has 4 heterocycles. The van der Waals surface area contributed by atoms with Gasteiger partial charge in [-0.2, -0.15) is 10.2 Å². The molecule has 3 unspecified atom stereocenters. The van der Waals surface area contributed by atoms with Gasteiger partial charge < -0.3 is 29.9 Å². The number of alkyl carbamates (subject to hydrolysis) is 2. The number of fused-ring (bicyclic) bond motifs is 2. The van der Waals surface area contributed by atoms with E-state index in [-0.39, 0.29) is 23.3 Å². The van der Waals surface area contributed by atoms with E-state index in [2.05, 4.69) is 34.9 Å². The van der Waals surface area contributed by atoms with Crippen molar-refractivity contribution in [3.63, 3.8) is 0 Å². The second kappa shape index (κ2) is 25.0. The van der Waals surface area contributed by atoms with Gasteiger partial charge in [0, 0.05) is 45.8 Å². The minimum atomic E-state index is -1.05. The van der Waals surface area contributed by atoms with Gasteiger partial charge in [0.1, 0.15) is 23.3 Å². The lowest BCUT2D eigenvalue weighted by atomic mass is 9.98. The monoisotopic (exact) mass is 1150 g/mol. The Bertz CT molecular complexity index is 2820. The number of aryl methyl sites for hydroxylation is 2. The fourth-order valence-electron chi connectivity index (χ4n) is 9.36. The highest BCUT2D eigenvalue weighted by Gasteiger charge is 2.39. The Morgan fingerprint density at radius 1 is 0.566 bits per heavy atom. The van der Waals surface area contributed by atoms with Crippen LogP contribution in [0.25, 0.3) is 22.5 Å². The van der Waals surface area contributed by atoms with Crippen molar-refractivity contribution < 1.29 is 28.7 Å². The lowest BCUT2D eigenvalue weighted by molar-refractivity contribution is -0.137. The van der Waals surface area contributed by atoms with E-state index in [1.54, 1.807) is 65.8 Å². The highest BCUT2D eigenvalue weighted by atomic mass is 35.5. The Kier molecular flexibility index (Phi) is 18.7. The summed E-state index contributed by atoms with van der Waals surface area (Å²) in [6.45, 7) is 12.0. The van der Waals surface area contributed by atoms with Gasteiger partial charge in [0.05, 0.1) is 58.0 Å². The molecule has 4 amide bonds. The van der Waals surface area contributed by atoms with Crippen LogP contribution in [-0.2, 0) is 45.0 Å². The highest BCUT2D eigenvalue weighted by Crippen LogP contribution is 2.39. The van der Waals surface area contributed by atoms with Crippen LogP contribution < -0.4 is 10.6 Å². The van der Waals surface area contributed by atoms with E-state index in [4.69, 9.17) is 66.1 Å². The molecule has 8 rings (SSSR count). The van der Waals surface area contributed by atoms with E-state index >= 15 is 9.59 Å². The summed E-state index contributed by atoms with van der Waals surface area (Å²) in [5, 5.41) is 17.6. The summed E-state index contributed by atoms with van der Waals surface area (Å²) < 4.78 is 15.3. The van der Waals surface area contributed by atoms with Crippen LogP contribution in [-0.4, -0.2) is 101 Å². The van der Waals surface area contributed by atoms with Gasteiger partial charge in [-0.25, -0.2) is 9.59 Å². The molecule has 2 aliphatic heterocycles. The smallest absolute Gasteiger partial charge is 0.408 e. The third-order valence-electron chi connectivity index (χ3n) is 12.8. The summed E-state index contributed by atoms with van der Waals surface area (Å²) in [6.07, 6.45) is 0.969. The first-order valence-corrected chi connectivity index (χ1v) is 29.2. The quantitative estimate of drug-likeness (QED) is 0.0667. The zero-order chi connectivity index (χ0) is 54.3. The van der Waals surface area contributed by atoms with Crippen LogP contribution in [0.5, 0.6) is 0 Å². The molecule has 6 aromatic rings. The summed E-state index contributed by atoms with van der Waals surface area (Å²) in [5.41, 5.74) is 4.93. The normalized spacial score (nSPS) is 16.3. The van der Waals surface area contributed by atoms with Crippen LogP contribution in [0, 0.1) is 0 Å².